The van der Waals surface area contributed by atoms with Crippen molar-refractivity contribution in [2.75, 3.05) is 12.4 Å². The minimum Gasteiger partial charge on any atom is -0.372 e. The van der Waals surface area contributed by atoms with Crippen LogP contribution in [0.15, 0.2) is 30.5 Å². The summed E-state index contributed by atoms with van der Waals surface area (Å²) < 4.78 is 0. The largest absolute Gasteiger partial charge is 0.372 e. The van der Waals surface area contributed by atoms with E-state index in [4.69, 9.17) is 16.9 Å². The summed E-state index contributed by atoms with van der Waals surface area (Å²) in [4.78, 5) is 8.41. The highest BCUT2D eigenvalue weighted by molar-refractivity contribution is 6.30. The topological polar surface area (TPSA) is 61.6 Å². The lowest BCUT2D eigenvalue weighted by Crippen LogP contribution is -1.99. The van der Waals surface area contributed by atoms with Gasteiger partial charge in [-0.2, -0.15) is 5.26 Å². The van der Waals surface area contributed by atoms with Gasteiger partial charge < -0.3 is 5.32 Å². The third-order valence-electron chi connectivity index (χ3n) is 2.23. The maximum Gasteiger partial charge on any atom is 0.161 e. The molecular formula is C12H9ClN4. The van der Waals surface area contributed by atoms with Gasteiger partial charge in [0.25, 0.3) is 0 Å². The van der Waals surface area contributed by atoms with Crippen LogP contribution in [0.4, 0.5) is 5.82 Å². The quantitative estimate of drug-likeness (QED) is 0.882. The van der Waals surface area contributed by atoms with Crippen LogP contribution in [0.3, 0.4) is 0 Å². The molecule has 0 saturated heterocycles. The van der Waals surface area contributed by atoms with Gasteiger partial charge in [0.2, 0.25) is 0 Å². The second kappa shape index (κ2) is 4.81. The van der Waals surface area contributed by atoms with Crippen molar-refractivity contribution >= 4 is 17.4 Å². The Hall–Kier alpha value is -2.12. The van der Waals surface area contributed by atoms with E-state index in [1.165, 1.54) is 6.20 Å². The summed E-state index contributed by atoms with van der Waals surface area (Å²) >= 11 is 5.90. The standard InChI is InChI=1S/C12H9ClN4/c1-15-11-9(6-14)7-16-12(17-11)8-3-2-4-10(13)5-8/h2-5,7H,1H3,(H,15,16,17). The Balaban J connectivity index is 2.51. The number of nitrogens with one attached hydrogen (secondary N) is 1. The maximum absolute atomic E-state index is 8.86. The molecule has 0 saturated carbocycles. The number of anilines is 1. The maximum atomic E-state index is 8.86. The average Bonchev–Trinajstić information content (AvgIpc) is 2.38. The van der Waals surface area contributed by atoms with Gasteiger partial charge in [-0.05, 0) is 12.1 Å². The third kappa shape index (κ3) is 2.35. The van der Waals surface area contributed by atoms with Gasteiger partial charge in [-0.15, -0.1) is 0 Å². The Morgan fingerprint density at radius 3 is 2.88 bits per heavy atom. The van der Waals surface area contributed by atoms with Crippen molar-refractivity contribution in [3.63, 3.8) is 0 Å². The van der Waals surface area contributed by atoms with E-state index in [1.54, 1.807) is 19.2 Å². The van der Waals surface area contributed by atoms with Gasteiger partial charge in [0.1, 0.15) is 17.5 Å². The molecule has 5 heteroatoms. The Morgan fingerprint density at radius 1 is 1.41 bits per heavy atom. The second-order valence-electron chi connectivity index (χ2n) is 3.33. The van der Waals surface area contributed by atoms with Crippen LogP contribution in [0.5, 0.6) is 0 Å². The van der Waals surface area contributed by atoms with Crippen LogP contribution in [-0.4, -0.2) is 17.0 Å². The zero-order chi connectivity index (χ0) is 12.3. The van der Waals surface area contributed by atoms with Gasteiger partial charge in [-0.25, -0.2) is 9.97 Å². The SMILES string of the molecule is CNc1nc(-c2cccc(Cl)c2)ncc1C#N. The summed E-state index contributed by atoms with van der Waals surface area (Å²) in [5.41, 5.74) is 1.23. The normalized spacial score (nSPS) is 9.71. The molecule has 0 aliphatic carbocycles. The van der Waals surface area contributed by atoms with E-state index in [9.17, 15) is 0 Å². The molecule has 0 spiro atoms. The highest BCUT2D eigenvalue weighted by atomic mass is 35.5. The van der Waals surface area contributed by atoms with E-state index < -0.39 is 0 Å². The molecule has 84 valence electrons. The molecule has 2 aromatic rings. The summed E-state index contributed by atoms with van der Waals surface area (Å²) in [5, 5.41) is 12.4. The van der Waals surface area contributed by atoms with Crippen LogP contribution >= 0.6 is 11.6 Å². The number of halogens is 1. The van der Waals surface area contributed by atoms with E-state index in [2.05, 4.69) is 15.3 Å². The van der Waals surface area contributed by atoms with Crippen LogP contribution in [0.2, 0.25) is 5.02 Å². The van der Waals surface area contributed by atoms with E-state index in [0.717, 1.165) is 5.56 Å². The number of hydrogen-bond donors (Lipinski definition) is 1. The molecule has 0 atom stereocenters. The third-order valence-corrected chi connectivity index (χ3v) is 2.46. The molecule has 4 nitrogen and oxygen atoms in total. The van der Waals surface area contributed by atoms with Crippen molar-refractivity contribution in [2.24, 2.45) is 0 Å². The lowest BCUT2D eigenvalue weighted by Gasteiger charge is -2.05. The summed E-state index contributed by atoms with van der Waals surface area (Å²) in [6.07, 6.45) is 1.50. The summed E-state index contributed by atoms with van der Waals surface area (Å²) in [5.74, 6) is 1.05. The van der Waals surface area contributed by atoms with Crippen molar-refractivity contribution in [1.29, 1.82) is 5.26 Å². The molecule has 1 heterocycles. The van der Waals surface area contributed by atoms with Gasteiger partial charge in [0.05, 0.1) is 6.20 Å². The first-order chi connectivity index (χ1) is 8.24. The average molecular weight is 245 g/mol. The minimum atomic E-state index is 0.415. The molecule has 17 heavy (non-hydrogen) atoms. The fourth-order valence-corrected chi connectivity index (χ4v) is 1.61. The lowest BCUT2D eigenvalue weighted by molar-refractivity contribution is 1.15. The number of benzene rings is 1. The fraction of sp³-hybridized carbons (Fsp3) is 0.0833. The lowest BCUT2D eigenvalue weighted by atomic mass is 10.2. The first-order valence-corrected chi connectivity index (χ1v) is 5.33. The van der Waals surface area contributed by atoms with E-state index in [1.807, 2.05) is 18.2 Å². The zero-order valence-corrected chi connectivity index (χ0v) is 9.86. The van der Waals surface area contributed by atoms with Gasteiger partial charge in [-0.3, -0.25) is 0 Å². The van der Waals surface area contributed by atoms with Crippen LogP contribution in [0, 0.1) is 11.3 Å². The zero-order valence-electron chi connectivity index (χ0n) is 9.11. The van der Waals surface area contributed by atoms with Gasteiger partial charge >= 0.3 is 0 Å². The van der Waals surface area contributed by atoms with Crippen molar-refractivity contribution in [2.45, 2.75) is 0 Å². The van der Waals surface area contributed by atoms with Crippen molar-refractivity contribution in [3.05, 3.63) is 41.0 Å². The monoisotopic (exact) mass is 244 g/mol. The Morgan fingerprint density at radius 2 is 2.24 bits per heavy atom. The fourth-order valence-electron chi connectivity index (χ4n) is 1.42. The first-order valence-electron chi connectivity index (χ1n) is 4.95. The predicted octanol–water partition coefficient (Wildman–Crippen LogP) is 2.71. The smallest absolute Gasteiger partial charge is 0.161 e. The van der Waals surface area contributed by atoms with Crippen LogP contribution < -0.4 is 5.32 Å². The molecule has 0 aliphatic rings. The Kier molecular flexibility index (Phi) is 3.22. The second-order valence-corrected chi connectivity index (χ2v) is 3.76. The highest BCUT2D eigenvalue weighted by Crippen LogP contribution is 2.21. The molecule has 0 unspecified atom stereocenters. The molecule has 0 aliphatic heterocycles. The highest BCUT2D eigenvalue weighted by Gasteiger charge is 2.07. The number of hydrogen-bond acceptors (Lipinski definition) is 4. The molecule has 0 fully saturated rings. The molecule has 1 aromatic carbocycles. The van der Waals surface area contributed by atoms with Crippen LogP contribution in [0.1, 0.15) is 5.56 Å². The minimum absolute atomic E-state index is 0.415. The summed E-state index contributed by atoms with van der Waals surface area (Å²) in [7, 11) is 1.71. The Labute approximate surface area is 104 Å². The molecule has 1 N–H and O–H groups in total. The molecule has 2 rings (SSSR count). The first kappa shape index (κ1) is 11.4. The predicted molar refractivity (Wildman–Crippen MR) is 66.7 cm³/mol. The molecule has 0 bridgehead atoms. The van der Waals surface area contributed by atoms with Crippen molar-refractivity contribution in [1.82, 2.24) is 9.97 Å². The number of nitrogens with zero attached hydrogens (tertiary/aromatic N) is 3. The van der Waals surface area contributed by atoms with Crippen LogP contribution in [0.25, 0.3) is 11.4 Å². The van der Waals surface area contributed by atoms with E-state index >= 15 is 0 Å². The van der Waals surface area contributed by atoms with Crippen molar-refractivity contribution in [3.8, 4) is 17.5 Å². The summed E-state index contributed by atoms with van der Waals surface area (Å²) in [6, 6.07) is 9.29. The van der Waals surface area contributed by atoms with Crippen LogP contribution in [-0.2, 0) is 0 Å². The molecule has 0 radical (unpaired) electrons. The van der Waals surface area contributed by atoms with Crippen molar-refractivity contribution < 1.29 is 0 Å². The van der Waals surface area contributed by atoms with E-state index in [-0.39, 0.29) is 0 Å². The van der Waals surface area contributed by atoms with Gasteiger partial charge in [-0.1, -0.05) is 23.7 Å². The molecular weight excluding hydrogens is 236 g/mol. The Bertz CT molecular complexity index is 589. The number of nitriles is 1. The van der Waals surface area contributed by atoms with Gasteiger partial charge in [0.15, 0.2) is 5.82 Å². The number of rotatable bonds is 2. The van der Waals surface area contributed by atoms with E-state index in [0.29, 0.717) is 22.2 Å². The molecule has 1 aromatic heterocycles. The molecule has 0 amide bonds. The van der Waals surface area contributed by atoms with Gasteiger partial charge in [0, 0.05) is 17.6 Å². The summed E-state index contributed by atoms with van der Waals surface area (Å²) in [6.45, 7) is 0. The number of aromatic nitrogens is 2.